The lowest BCUT2D eigenvalue weighted by Gasteiger charge is -2.14. The average molecular weight is 532 g/mol. The van der Waals surface area contributed by atoms with Crippen molar-refractivity contribution in [3.05, 3.63) is 65.5 Å². The first-order valence-electron chi connectivity index (χ1n) is 11.5. The Morgan fingerprint density at radius 3 is 2.37 bits per heavy atom. The monoisotopic (exact) mass is 532 g/mol. The molecule has 0 radical (unpaired) electrons. The van der Waals surface area contributed by atoms with Gasteiger partial charge in [0, 0.05) is 30.9 Å². The quantitative estimate of drug-likeness (QED) is 0.267. The number of hydrogen-bond donors (Lipinski definition) is 0. The highest BCUT2D eigenvalue weighted by molar-refractivity contribution is 5.66. The molecule has 1 saturated carbocycles. The lowest BCUT2D eigenvalue weighted by Crippen LogP contribution is -2.06. The van der Waals surface area contributed by atoms with E-state index in [-0.39, 0.29) is 35.9 Å². The summed E-state index contributed by atoms with van der Waals surface area (Å²) in [6.07, 6.45) is -2.30. The SMILES string of the molecule is COc1ncnc(C2CC2)c1-c1ncc(C(F)F)c(OCc2ccc(-c3nc(C(F)(F)F)cn3C)cc2)n1. The van der Waals surface area contributed by atoms with E-state index in [4.69, 9.17) is 9.47 Å². The van der Waals surface area contributed by atoms with Gasteiger partial charge in [0.1, 0.15) is 24.3 Å². The molecule has 0 aliphatic heterocycles. The van der Waals surface area contributed by atoms with Gasteiger partial charge < -0.3 is 14.0 Å². The van der Waals surface area contributed by atoms with Crippen molar-refractivity contribution in [2.24, 2.45) is 7.05 Å². The highest BCUT2D eigenvalue weighted by Crippen LogP contribution is 2.45. The van der Waals surface area contributed by atoms with E-state index >= 15 is 0 Å². The zero-order chi connectivity index (χ0) is 27.0. The maximum Gasteiger partial charge on any atom is 0.434 e. The van der Waals surface area contributed by atoms with Crippen molar-refractivity contribution < 1.29 is 31.4 Å². The third-order valence-corrected chi connectivity index (χ3v) is 5.99. The Balaban J connectivity index is 1.40. The number of methoxy groups -OCH3 is 1. The summed E-state index contributed by atoms with van der Waals surface area (Å²) in [6.45, 7) is -0.122. The maximum absolute atomic E-state index is 13.7. The molecule has 0 amide bonds. The maximum atomic E-state index is 13.7. The van der Waals surface area contributed by atoms with Crippen LogP contribution in [0.15, 0.2) is 43.0 Å². The number of hydrogen-bond acceptors (Lipinski definition) is 7. The summed E-state index contributed by atoms with van der Waals surface area (Å²) in [6, 6.07) is 6.38. The third-order valence-electron chi connectivity index (χ3n) is 5.99. The number of nitrogens with zero attached hydrogens (tertiary/aromatic N) is 6. The average Bonchev–Trinajstić information content (AvgIpc) is 3.67. The molecule has 198 valence electrons. The molecule has 0 saturated heterocycles. The van der Waals surface area contributed by atoms with Crippen LogP contribution < -0.4 is 9.47 Å². The van der Waals surface area contributed by atoms with E-state index in [0.717, 1.165) is 25.2 Å². The van der Waals surface area contributed by atoms with Crippen LogP contribution in [0.25, 0.3) is 22.8 Å². The van der Waals surface area contributed by atoms with Crippen LogP contribution in [-0.4, -0.2) is 36.6 Å². The van der Waals surface area contributed by atoms with E-state index in [9.17, 15) is 22.0 Å². The molecule has 3 aromatic heterocycles. The molecule has 1 aliphatic carbocycles. The Bertz CT molecular complexity index is 1450. The Morgan fingerprint density at radius 2 is 1.76 bits per heavy atom. The Labute approximate surface area is 213 Å². The van der Waals surface area contributed by atoms with Crippen LogP contribution in [0.3, 0.4) is 0 Å². The standard InChI is InChI=1S/C25H21F5N6O2/c1-36-10-17(25(28,29)30)34-22(36)15-5-3-13(4-6-15)11-38-23-16(20(26)27)9-31-21(35-23)18-19(14-7-8-14)32-12-33-24(18)37-2/h3-6,9-10,12,14,20H,7-8,11H2,1-2H3. The largest absolute Gasteiger partial charge is 0.480 e. The second kappa shape index (κ2) is 9.95. The minimum atomic E-state index is -4.56. The van der Waals surface area contributed by atoms with Gasteiger partial charge in [0.2, 0.25) is 11.8 Å². The number of aryl methyl sites for hydroxylation is 1. The summed E-state index contributed by atoms with van der Waals surface area (Å²) >= 11 is 0. The summed E-state index contributed by atoms with van der Waals surface area (Å²) in [7, 11) is 2.90. The topological polar surface area (TPSA) is 87.8 Å². The molecule has 5 rings (SSSR count). The first kappa shape index (κ1) is 25.5. The van der Waals surface area contributed by atoms with Gasteiger partial charge in [-0.15, -0.1) is 0 Å². The number of benzene rings is 1. The minimum Gasteiger partial charge on any atom is -0.480 e. The summed E-state index contributed by atoms with van der Waals surface area (Å²) in [4.78, 5) is 20.5. The van der Waals surface area contributed by atoms with E-state index in [1.807, 2.05) is 0 Å². The van der Waals surface area contributed by atoms with Gasteiger partial charge in [0.25, 0.3) is 6.43 Å². The van der Waals surface area contributed by atoms with Crippen LogP contribution in [0.2, 0.25) is 0 Å². The Morgan fingerprint density at radius 1 is 1.03 bits per heavy atom. The zero-order valence-corrected chi connectivity index (χ0v) is 20.2. The van der Waals surface area contributed by atoms with Gasteiger partial charge in [-0.1, -0.05) is 24.3 Å². The highest BCUT2D eigenvalue weighted by atomic mass is 19.4. The molecule has 38 heavy (non-hydrogen) atoms. The van der Waals surface area contributed by atoms with Crippen molar-refractivity contribution in [1.29, 1.82) is 0 Å². The third kappa shape index (κ3) is 5.13. The summed E-state index contributed by atoms with van der Waals surface area (Å²) in [5, 5.41) is 0. The van der Waals surface area contributed by atoms with E-state index in [1.165, 1.54) is 25.1 Å². The second-order valence-corrected chi connectivity index (χ2v) is 8.72. The van der Waals surface area contributed by atoms with Crippen LogP contribution in [0.4, 0.5) is 22.0 Å². The molecule has 1 fully saturated rings. The molecule has 0 spiro atoms. The van der Waals surface area contributed by atoms with Gasteiger partial charge in [-0.25, -0.2) is 28.7 Å². The molecule has 0 N–H and O–H groups in total. The molecule has 8 nitrogen and oxygen atoms in total. The molecular formula is C25H21F5N6O2. The summed E-state index contributed by atoms with van der Waals surface area (Å²) in [5.41, 5.74) is 0.674. The zero-order valence-electron chi connectivity index (χ0n) is 20.2. The molecule has 0 unspecified atom stereocenters. The van der Waals surface area contributed by atoms with E-state index in [1.54, 1.807) is 24.3 Å². The van der Waals surface area contributed by atoms with Gasteiger partial charge in [0.15, 0.2) is 11.5 Å². The fraction of sp³-hybridized carbons (Fsp3) is 0.320. The number of rotatable bonds is 8. The van der Waals surface area contributed by atoms with Crippen LogP contribution >= 0.6 is 0 Å². The van der Waals surface area contributed by atoms with Crippen molar-refractivity contribution in [2.45, 2.75) is 38.0 Å². The van der Waals surface area contributed by atoms with Crippen LogP contribution in [-0.2, 0) is 19.8 Å². The van der Waals surface area contributed by atoms with Gasteiger partial charge in [-0.3, -0.25) is 0 Å². The second-order valence-electron chi connectivity index (χ2n) is 8.72. The van der Waals surface area contributed by atoms with Gasteiger partial charge in [-0.2, -0.15) is 18.2 Å². The fourth-order valence-electron chi connectivity index (χ4n) is 3.95. The molecule has 0 atom stereocenters. The van der Waals surface area contributed by atoms with Crippen molar-refractivity contribution in [1.82, 2.24) is 29.5 Å². The fourth-order valence-corrected chi connectivity index (χ4v) is 3.95. The van der Waals surface area contributed by atoms with Gasteiger partial charge in [0.05, 0.1) is 18.4 Å². The Kier molecular flexibility index (Phi) is 6.67. The van der Waals surface area contributed by atoms with E-state index < -0.39 is 23.9 Å². The normalized spacial score (nSPS) is 13.7. The number of imidazole rings is 1. The molecular weight excluding hydrogens is 511 g/mol. The summed E-state index contributed by atoms with van der Waals surface area (Å²) in [5.74, 6) is 0.357. The first-order chi connectivity index (χ1) is 18.2. The number of aromatic nitrogens is 6. The number of halogens is 5. The van der Waals surface area contributed by atoms with Gasteiger partial charge >= 0.3 is 6.18 Å². The molecule has 4 aromatic rings. The first-order valence-corrected chi connectivity index (χ1v) is 11.5. The van der Waals surface area contributed by atoms with E-state index in [0.29, 0.717) is 22.4 Å². The predicted molar refractivity (Wildman–Crippen MR) is 125 cm³/mol. The van der Waals surface area contributed by atoms with Crippen molar-refractivity contribution in [2.75, 3.05) is 7.11 Å². The smallest absolute Gasteiger partial charge is 0.434 e. The highest BCUT2D eigenvalue weighted by Gasteiger charge is 2.35. The summed E-state index contributed by atoms with van der Waals surface area (Å²) < 4.78 is 78.7. The molecule has 1 aromatic carbocycles. The lowest BCUT2D eigenvalue weighted by molar-refractivity contribution is -0.140. The minimum absolute atomic E-state index is 0.106. The van der Waals surface area contributed by atoms with E-state index in [2.05, 4.69) is 24.9 Å². The molecule has 0 bridgehead atoms. The molecule has 3 heterocycles. The van der Waals surface area contributed by atoms with Gasteiger partial charge in [-0.05, 0) is 18.4 Å². The lowest BCUT2D eigenvalue weighted by atomic mass is 10.1. The predicted octanol–water partition coefficient (Wildman–Crippen LogP) is 5.76. The van der Waals surface area contributed by atoms with Crippen LogP contribution in [0.5, 0.6) is 11.8 Å². The van der Waals surface area contributed by atoms with Crippen molar-refractivity contribution in [3.63, 3.8) is 0 Å². The molecule has 1 aliphatic rings. The Hall–Kier alpha value is -4.16. The van der Waals surface area contributed by atoms with Crippen LogP contribution in [0, 0.1) is 0 Å². The number of ether oxygens (including phenoxy) is 2. The molecule has 13 heteroatoms. The van der Waals surface area contributed by atoms with Crippen molar-refractivity contribution >= 4 is 0 Å². The van der Waals surface area contributed by atoms with Crippen molar-refractivity contribution in [3.8, 4) is 34.5 Å². The number of alkyl halides is 5. The van der Waals surface area contributed by atoms with Crippen LogP contribution in [0.1, 0.15) is 47.7 Å².